The largest absolute Gasteiger partial charge is 0 e. The van der Waals surface area contributed by atoms with Crippen LogP contribution in [0.3, 0.4) is 0 Å². The van der Waals surface area contributed by atoms with Crippen LogP contribution in [0.1, 0.15) is 78.2 Å². The van der Waals surface area contributed by atoms with E-state index in [4.69, 9.17) is 0 Å². The fourth-order valence-corrected chi connectivity index (χ4v) is 6.57. The van der Waals surface area contributed by atoms with Crippen LogP contribution in [0.4, 0.5) is 25.2 Å². The zero-order valence-electron chi connectivity index (χ0n) is 19.6. The predicted molar refractivity (Wildman–Crippen MR) is 129 cm³/mol. The van der Waals surface area contributed by atoms with Crippen molar-refractivity contribution < 1.29 is 44.7 Å². The van der Waals surface area contributed by atoms with E-state index in [9.17, 15) is 25.2 Å². The third kappa shape index (κ3) is 28.1. The van der Waals surface area contributed by atoms with Crippen molar-refractivity contribution >= 4 is 15.7 Å². The molecule has 0 spiro atoms. The minimum atomic E-state index is -10.7. The molecule has 32 heavy (non-hydrogen) atoms. The fraction of sp³-hybridized carbons (Fsp3) is 0.652. The molecule has 2 rings (SSSR count). The molecule has 1 aliphatic carbocycles. The minimum absolute atomic E-state index is 0. The molecular weight excluding hydrogens is 555 g/mol. The van der Waals surface area contributed by atoms with Crippen LogP contribution in [0.5, 0.6) is 0 Å². The molecule has 0 atom stereocenters. The van der Waals surface area contributed by atoms with Gasteiger partial charge in [0.05, 0.1) is 17.5 Å². The van der Waals surface area contributed by atoms with Crippen LogP contribution in [-0.2, 0) is 25.9 Å². The molecule has 1 radical (unpaired) electrons. The van der Waals surface area contributed by atoms with Crippen LogP contribution < -0.4 is 0 Å². The topological polar surface area (TPSA) is 0 Å². The molecule has 1 aliphatic rings. The maximum Gasteiger partial charge on any atom is 0 e. The molecule has 1 aromatic rings. The normalized spacial score (nSPS) is 17.4. The Hall–Kier alpha value is 0.0234. The zero-order valence-corrected chi connectivity index (χ0v) is 23.1. The molecule has 0 amide bonds. The van der Waals surface area contributed by atoms with Crippen molar-refractivity contribution in [1.82, 2.24) is 0 Å². The summed E-state index contributed by atoms with van der Waals surface area (Å²) < 4.78 is 59.2. The summed E-state index contributed by atoms with van der Waals surface area (Å²) in [6.07, 6.45) is 17.1. The molecule has 0 unspecified atom stereocenters. The van der Waals surface area contributed by atoms with Crippen LogP contribution >= 0.6 is 15.7 Å². The van der Waals surface area contributed by atoms with Crippen molar-refractivity contribution in [2.24, 2.45) is 0 Å². The van der Waals surface area contributed by atoms with Crippen molar-refractivity contribution in [3.05, 3.63) is 48.0 Å². The van der Waals surface area contributed by atoms with Crippen LogP contribution in [0.2, 0.25) is 0 Å². The molecule has 0 N–H and O–H groups in total. The van der Waals surface area contributed by atoms with Gasteiger partial charge >= 0.3 is 33.0 Å². The van der Waals surface area contributed by atoms with Crippen LogP contribution in [0.25, 0.3) is 0 Å². The van der Waals surface area contributed by atoms with Gasteiger partial charge in [-0.05, 0) is 71.8 Å². The van der Waals surface area contributed by atoms with Gasteiger partial charge < -0.3 is 0 Å². The van der Waals surface area contributed by atoms with Crippen LogP contribution in [-0.4, -0.2) is 17.5 Å². The van der Waals surface area contributed by atoms with Crippen molar-refractivity contribution in [2.75, 3.05) is 6.16 Å². The van der Waals surface area contributed by atoms with Crippen molar-refractivity contribution in [2.45, 2.75) is 90.4 Å². The van der Waals surface area contributed by atoms with Crippen molar-refractivity contribution in [3.63, 3.8) is 0 Å². The Labute approximate surface area is 204 Å². The number of hydrogen-bond acceptors (Lipinski definition) is 0. The van der Waals surface area contributed by atoms with Crippen molar-refractivity contribution in [1.29, 1.82) is 0 Å². The summed E-state index contributed by atoms with van der Waals surface area (Å²) in [6.45, 7) is 9.60. The Balaban J connectivity index is 0. The van der Waals surface area contributed by atoms with E-state index in [1.807, 2.05) is 0 Å². The van der Waals surface area contributed by atoms with E-state index in [1.165, 1.54) is 63.1 Å². The summed E-state index contributed by atoms with van der Waals surface area (Å²) >= 11 is 0. The number of hydrogen-bond donors (Lipinski definition) is 0. The number of allylic oxidation sites excluding steroid dienone is 2. The number of benzene rings is 1. The second-order valence-electron chi connectivity index (χ2n) is 8.64. The van der Waals surface area contributed by atoms with Gasteiger partial charge in [0.15, 0.2) is 0 Å². The van der Waals surface area contributed by atoms with E-state index in [0.29, 0.717) is 0 Å². The molecule has 1 aromatic carbocycles. The first-order valence-corrected chi connectivity index (χ1v) is 15.1. The third-order valence-corrected chi connectivity index (χ3v) is 8.81. The average molecular weight is 595 g/mol. The Kier molecular flexibility index (Phi) is 16.1. The molecule has 193 valence electrons. The van der Waals surface area contributed by atoms with Gasteiger partial charge in [-0.1, -0.05) is 55.3 Å². The van der Waals surface area contributed by atoms with Gasteiger partial charge in [-0.15, -0.1) is 0 Å². The van der Waals surface area contributed by atoms with Gasteiger partial charge in [0, 0.05) is 27.4 Å². The van der Waals surface area contributed by atoms with Gasteiger partial charge in [-0.25, -0.2) is 0 Å². The molecule has 0 saturated carbocycles. The smallest absolute Gasteiger partial charge is 0 e. The van der Waals surface area contributed by atoms with Gasteiger partial charge in [0.1, 0.15) is 0 Å². The molecular formula is C23H40F6P2Rh. The maximum absolute atomic E-state index is 10.7. The molecule has 0 aromatic heterocycles. The molecule has 0 nitrogen and oxygen atoms in total. The number of halogens is 6. The maximum atomic E-state index is 9.87. The van der Waals surface area contributed by atoms with Crippen LogP contribution in [0.15, 0.2) is 42.5 Å². The Morgan fingerprint density at radius 1 is 0.750 bits per heavy atom. The fourth-order valence-electron chi connectivity index (χ4n) is 3.50. The van der Waals surface area contributed by atoms with E-state index >= 15 is 0 Å². The monoisotopic (exact) mass is 595 g/mol. The van der Waals surface area contributed by atoms with E-state index in [2.05, 4.69) is 70.2 Å². The molecule has 9 heteroatoms. The SMILES string of the molecule is C1=C\CCCCCC/1.CC(C)[PH+](CCCc1ccccc1)C(C)C.F[P-](F)(F)(F)(F)F.[Rh]. The average Bonchev–Trinajstić information content (AvgIpc) is 2.56. The molecule has 0 fully saturated rings. The summed E-state index contributed by atoms with van der Waals surface area (Å²) in [5.74, 6) is 0. The van der Waals surface area contributed by atoms with Gasteiger partial charge in [0.25, 0.3) is 0 Å². The van der Waals surface area contributed by atoms with Gasteiger partial charge in [0.2, 0.25) is 0 Å². The second kappa shape index (κ2) is 15.1. The molecule has 0 saturated heterocycles. The summed E-state index contributed by atoms with van der Waals surface area (Å²) in [5, 5.41) is 0. The van der Waals surface area contributed by atoms with Crippen LogP contribution in [0, 0.1) is 0 Å². The first-order valence-electron chi connectivity index (χ1n) is 11.2. The van der Waals surface area contributed by atoms with E-state index in [0.717, 1.165) is 11.3 Å². The van der Waals surface area contributed by atoms with E-state index in [1.54, 1.807) is 0 Å². The Morgan fingerprint density at radius 3 is 1.53 bits per heavy atom. The van der Waals surface area contributed by atoms with Gasteiger partial charge in [-0.2, -0.15) is 0 Å². The first-order chi connectivity index (χ1) is 14.1. The zero-order chi connectivity index (χ0) is 24.0. The summed E-state index contributed by atoms with van der Waals surface area (Å²) in [5.41, 5.74) is 3.33. The Morgan fingerprint density at radius 2 is 1.16 bits per heavy atom. The number of aryl methyl sites for hydroxylation is 1. The Bertz CT molecular complexity index is 587. The molecule has 0 bridgehead atoms. The molecule has 0 heterocycles. The predicted octanol–water partition coefficient (Wildman–Crippen LogP) is 10.9. The summed E-state index contributed by atoms with van der Waals surface area (Å²) in [7, 11) is -10.8. The molecule has 0 aliphatic heterocycles. The van der Waals surface area contributed by atoms with E-state index < -0.39 is 7.81 Å². The standard InChI is InChI=1S/C15H25P.C8H14.F6P.Rh/c1-13(2)16(14(3)4)12-8-11-15-9-6-5-7-10-15;1-2-4-6-8-7-5-3-1;1-7(2,3,4,5)6;/h5-7,9-10,13-14H,8,11-12H2,1-4H3;1-2H,3-8H2;;/q;;-1;/p+1/b;2-1-;;. The summed E-state index contributed by atoms with van der Waals surface area (Å²) in [6, 6.07) is 10.9. The first kappa shape index (κ1) is 34.2. The van der Waals surface area contributed by atoms with Crippen molar-refractivity contribution in [3.8, 4) is 0 Å². The number of rotatable bonds is 6. The van der Waals surface area contributed by atoms with Gasteiger partial charge in [-0.3, -0.25) is 0 Å². The third-order valence-electron chi connectivity index (χ3n) is 4.92. The summed E-state index contributed by atoms with van der Waals surface area (Å²) in [4.78, 5) is 0. The second-order valence-corrected chi connectivity index (χ2v) is 14.5. The van der Waals surface area contributed by atoms with E-state index in [-0.39, 0.29) is 27.4 Å². The minimum Gasteiger partial charge on any atom is 0 e. The quantitative estimate of drug-likeness (QED) is 0.133.